The van der Waals surface area contributed by atoms with E-state index < -0.39 is 12.4 Å². The SMILES string of the molecule is Cc1cnc(C(N)c2ccc(OC(F)(F)F)cc2)s1. The molecule has 0 saturated carbocycles. The van der Waals surface area contributed by atoms with Crippen LogP contribution < -0.4 is 10.5 Å². The van der Waals surface area contributed by atoms with Crippen LogP contribution >= 0.6 is 11.3 Å². The second-order valence-corrected chi connectivity index (χ2v) is 5.17. The summed E-state index contributed by atoms with van der Waals surface area (Å²) in [6.07, 6.45) is -2.98. The molecule has 1 unspecified atom stereocenters. The fraction of sp³-hybridized carbons (Fsp3) is 0.250. The average molecular weight is 288 g/mol. The van der Waals surface area contributed by atoms with E-state index in [1.54, 1.807) is 6.20 Å². The van der Waals surface area contributed by atoms with Crippen molar-refractivity contribution in [1.82, 2.24) is 4.98 Å². The summed E-state index contributed by atoms with van der Waals surface area (Å²) in [4.78, 5) is 5.19. The smallest absolute Gasteiger partial charge is 0.406 e. The van der Waals surface area contributed by atoms with Crippen LogP contribution in [0.4, 0.5) is 13.2 Å². The molecule has 2 rings (SSSR count). The molecule has 0 fully saturated rings. The summed E-state index contributed by atoms with van der Waals surface area (Å²) < 4.78 is 39.8. The van der Waals surface area contributed by atoms with Crippen molar-refractivity contribution in [1.29, 1.82) is 0 Å². The molecule has 1 atom stereocenters. The highest BCUT2D eigenvalue weighted by Gasteiger charge is 2.31. The van der Waals surface area contributed by atoms with Crippen LogP contribution in [0.15, 0.2) is 30.5 Å². The fourth-order valence-electron chi connectivity index (χ4n) is 1.54. The third-order valence-corrected chi connectivity index (χ3v) is 3.37. The van der Waals surface area contributed by atoms with E-state index in [2.05, 4.69) is 9.72 Å². The lowest BCUT2D eigenvalue weighted by Crippen LogP contribution is -2.17. The molecule has 0 aliphatic heterocycles. The Morgan fingerprint density at radius 3 is 2.37 bits per heavy atom. The first-order chi connectivity index (χ1) is 8.85. The number of nitrogens with two attached hydrogens (primary N) is 1. The summed E-state index contributed by atoms with van der Waals surface area (Å²) in [5.41, 5.74) is 6.68. The second-order valence-electron chi connectivity index (χ2n) is 3.90. The van der Waals surface area contributed by atoms with Gasteiger partial charge in [0.2, 0.25) is 0 Å². The average Bonchev–Trinajstić information content (AvgIpc) is 2.74. The number of nitrogens with zero attached hydrogens (tertiary/aromatic N) is 1. The molecular formula is C12H11F3N2OS. The van der Waals surface area contributed by atoms with Crippen LogP contribution in [0.2, 0.25) is 0 Å². The van der Waals surface area contributed by atoms with Crippen molar-refractivity contribution < 1.29 is 17.9 Å². The predicted molar refractivity (Wildman–Crippen MR) is 66.0 cm³/mol. The number of ether oxygens (including phenoxy) is 1. The van der Waals surface area contributed by atoms with Crippen LogP contribution in [0, 0.1) is 6.92 Å². The van der Waals surface area contributed by atoms with Crippen molar-refractivity contribution in [2.24, 2.45) is 5.73 Å². The minimum absolute atomic E-state index is 0.265. The van der Waals surface area contributed by atoms with Gasteiger partial charge in [0.1, 0.15) is 10.8 Å². The van der Waals surface area contributed by atoms with Gasteiger partial charge in [-0.1, -0.05) is 12.1 Å². The quantitative estimate of drug-likeness (QED) is 0.941. The van der Waals surface area contributed by atoms with E-state index in [9.17, 15) is 13.2 Å². The Balaban J connectivity index is 2.14. The molecule has 0 aliphatic rings. The van der Waals surface area contributed by atoms with E-state index in [0.717, 1.165) is 9.88 Å². The summed E-state index contributed by atoms with van der Waals surface area (Å²) in [7, 11) is 0. The van der Waals surface area contributed by atoms with Crippen molar-refractivity contribution in [3.8, 4) is 5.75 Å². The maximum absolute atomic E-state index is 12.0. The number of hydrogen-bond donors (Lipinski definition) is 1. The normalized spacial score (nSPS) is 13.3. The Morgan fingerprint density at radius 2 is 1.89 bits per heavy atom. The fourth-order valence-corrected chi connectivity index (χ4v) is 2.34. The number of alkyl halides is 3. The Hall–Kier alpha value is -1.60. The highest BCUT2D eigenvalue weighted by Crippen LogP contribution is 2.27. The number of aromatic nitrogens is 1. The largest absolute Gasteiger partial charge is 0.573 e. The number of hydrogen-bond acceptors (Lipinski definition) is 4. The molecule has 19 heavy (non-hydrogen) atoms. The Labute approximate surface area is 111 Å². The van der Waals surface area contributed by atoms with Crippen LogP contribution in [0.3, 0.4) is 0 Å². The van der Waals surface area contributed by atoms with Gasteiger partial charge in [0.15, 0.2) is 0 Å². The van der Waals surface area contributed by atoms with Crippen LogP contribution in [-0.4, -0.2) is 11.3 Å². The second kappa shape index (κ2) is 5.18. The maximum atomic E-state index is 12.0. The topological polar surface area (TPSA) is 48.1 Å². The summed E-state index contributed by atoms with van der Waals surface area (Å²) in [6, 6.07) is 5.04. The zero-order valence-corrected chi connectivity index (χ0v) is 10.8. The monoisotopic (exact) mass is 288 g/mol. The van der Waals surface area contributed by atoms with Crippen LogP contribution in [0.25, 0.3) is 0 Å². The lowest BCUT2D eigenvalue weighted by atomic mass is 10.1. The van der Waals surface area contributed by atoms with Gasteiger partial charge in [-0.15, -0.1) is 24.5 Å². The Morgan fingerprint density at radius 1 is 1.26 bits per heavy atom. The van der Waals surface area contributed by atoms with Crippen molar-refractivity contribution in [3.05, 3.63) is 45.9 Å². The minimum Gasteiger partial charge on any atom is -0.406 e. The van der Waals surface area contributed by atoms with Gasteiger partial charge in [-0.2, -0.15) is 0 Å². The summed E-state index contributed by atoms with van der Waals surface area (Å²) in [6.45, 7) is 1.91. The predicted octanol–water partition coefficient (Wildman–Crippen LogP) is 3.40. The van der Waals surface area contributed by atoms with Gasteiger partial charge in [0.05, 0.1) is 6.04 Å². The molecular weight excluding hydrogens is 277 g/mol. The number of rotatable bonds is 3. The molecule has 1 heterocycles. The van der Waals surface area contributed by atoms with E-state index in [4.69, 9.17) is 5.73 Å². The third kappa shape index (κ3) is 3.68. The zero-order chi connectivity index (χ0) is 14.0. The first-order valence-corrected chi connectivity index (χ1v) is 6.20. The molecule has 0 saturated heterocycles. The summed E-state index contributed by atoms with van der Waals surface area (Å²) in [5.74, 6) is -0.265. The van der Waals surface area contributed by atoms with Crippen LogP contribution in [0.5, 0.6) is 5.75 Å². The van der Waals surface area contributed by atoms with Gasteiger partial charge in [-0.3, -0.25) is 0 Å². The number of halogens is 3. The van der Waals surface area contributed by atoms with Crippen LogP contribution in [0.1, 0.15) is 21.5 Å². The highest BCUT2D eigenvalue weighted by molar-refractivity contribution is 7.11. The van der Waals surface area contributed by atoms with Crippen molar-refractivity contribution in [2.75, 3.05) is 0 Å². The van der Waals surface area contributed by atoms with Gasteiger partial charge < -0.3 is 10.5 Å². The number of aryl methyl sites for hydroxylation is 1. The molecule has 1 aromatic heterocycles. The standard InChI is InChI=1S/C12H11F3N2OS/c1-7-6-17-11(19-7)10(16)8-2-4-9(5-3-8)18-12(13,14)15/h2-6,10H,16H2,1H3. The zero-order valence-electron chi connectivity index (χ0n) is 9.94. The van der Waals surface area contributed by atoms with E-state index in [0.29, 0.717) is 5.56 Å². The molecule has 0 aliphatic carbocycles. The van der Waals surface area contributed by atoms with Gasteiger partial charge in [-0.05, 0) is 24.6 Å². The van der Waals surface area contributed by atoms with Gasteiger partial charge >= 0.3 is 6.36 Å². The molecule has 0 radical (unpaired) electrons. The van der Waals surface area contributed by atoms with Crippen LogP contribution in [-0.2, 0) is 0 Å². The molecule has 102 valence electrons. The summed E-state index contributed by atoms with van der Waals surface area (Å²) >= 11 is 1.46. The lowest BCUT2D eigenvalue weighted by Gasteiger charge is -2.11. The molecule has 0 bridgehead atoms. The van der Waals surface area contributed by atoms with E-state index >= 15 is 0 Å². The first kappa shape index (κ1) is 13.8. The highest BCUT2D eigenvalue weighted by atomic mass is 32.1. The van der Waals surface area contributed by atoms with Gasteiger partial charge in [0, 0.05) is 11.1 Å². The molecule has 0 amide bonds. The Bertz CT molecular complexity index is 551. The van der Waals surface area contributed by atoms with E-state index in [-0.39, 0.29) is 5.75 Å². The molecule has 3 nitrogen and oxygen atoms in total. The van der Waals surface area contributed by atoms with E-state index in [1.807, 2.05) is 6.92 Å². The number of thiazole rings is 1. The number of benzene rings is 1. The molecule has 7 heteroatoms. The van der Waals surface area contributed by atoms with E-state index in [1.165, 1.54) is 35.6 Å². The summed E-state index contributed by atoms with van der Waals surface area (Å²) in [5, 5.41) is 0.724. The molecule has 0 spiro atoms. The lowest BCUT2D eigenvalue weighted by molar-refractivity contribution is -0.274. The Kier molecular flexibility index (Phi) is 3.77. The van der Waals surface area contributed by atoms with Gasteiger partial charge in [0.25, 0.3) is 0 Å². The minimum atomic E-state index is -4.68. The molecule has 2 aromatic rings. The van der Waals surface area contributed by atoms with Crippen molar-refractivity contribution in [3.63, 3.8) is 0 Å². The third-order valence-electron chi connectivity index (χ3n) is 2.38. The maximum Gasteiger partial charge on any atom is 0.573 e. The van der Waals surface area contributed by atoms with Crippen molar-refractivity contribution >= 4 is 11.3 Å². The van der Waals surface area contributed by atoms with Crippen molar-refractivity contribution in [2.45, 2.75) is 19.3 Å². The molecule has 1 aromatic carbocycles. The first-order valence-electron chi connectivity index (χ1n) is 5.39. The van der Waals surface area contributed by atoms with Gasteiger partial charge in [-0.25, -0.2) is 4.98 Å². The molecule has 2 N–H and O–H groups in total.